The second-order valence-electron chi connectivity index (χ2n) is 16.2. The molecule has 1 aliphatic heterocycles. The molecule has 3 aliphatic rings. The Bertz CT molecular complexity index is 1640. The van der Waals surface area contributed by atoms with Gasteiger partial charge in [-0.25, -0.2) is 4.98 Å². The second kappa shape index (κ2) is 18.1. The highest BCUT2D eigenvalue weighted by atomic mass is 16.2. The monoisotopic (exact) mass is 744 g/mol. The van der Waals surface area contributed by atoms with Gasteiger partial charge in [-0.2, -0.15) is 0 Å². The van der Waals surface area contributed by atoms with Crippen LogP contribution in [0, 0.1) is 23.2 Å². The first-order valence-corrected chi connectivity index (χ1v) is 19.5. The van der Waals surface area contributed by atoms with Crippen molar-refractivity contribution < 1.29 is 28.8 Å². The minimum absolute atomic E-state index is 0.0899. The Hall–Kier alpha value is -4.75. The van der Waals surface area contributed by atoms with Crippen LogP contribution < -0.4 is 21.3 Å². The van der Waals surface area contributed by atoms with Crippen LogP contribution in [0.2, 0.25) is 0 Å². The third-order valence-electron chi connectivity index (χ3n) is 11.3. The summed E-state index contributed by atoms with van der Waals surface area (Å²) in [6.07, 6.45) is 15.2. The molecule has 0 unspecified atom stereocenters. The van der Waals surface area contributed by atoms with Crippen molar-refractivity contribution in [1.29, 1.82) is 0 Å². The van der Waals surface area contributed by atoms with Crippen molar-refractivity contribution in [3.05, 3.63) is 54.4 Å². The van der Waals surface area contributed by atoms with Crippen molar-refractivity contribution in [3.8, 4) is 0 Å². The lowest BCUT2D eigenvalue weighted by Crippen LogP contribution is -2.62. The van der Waals surface area contributed by atoms with Gasteiger partial charge in [-0.15, -0.1) is 0 Å². The van der Waals surface area contributed by atoms with E-state index in [9.17, 15) is 28.8 Å². The van der Waals surface area contributed by atoms with Crippen molar-refractivity contribution >= 4 is 35.3 Å². The first-order chi connectivity index (χ1) is 25.8. The van der Waals surface area contributed by atoms with E-state index < -0.39 is 70.9 Å². The second-order valence-corrected chi connectivity index (χ2v) is 16.2. The Morgan fingerprint density at radius 1 is 0.852 bits per heavy atom. The molecule has 4 N–H and O–H groups in total. The van der Waals surface area contributed by atoms with Gasteiger partial charge < -0.3 is 26.2 Å². The summed E-state index contributed by atoms with van der Waals surface area (Å²) in [6, 6.07) is -0.810. The van der Waals surface area contributed by atoms with Crippen LogP contribution in [0.15, 0.2) is 43.1 Å². The van der Waals surface area contributed by atoms with E-state index in [2.05, 4.69) is 36.2 Å². The summed E-state index contributed by atoms with van der Waals surface area (Å²) in [7, 11) is 0. The maximum atomic E-state index is 14.7. The molecular weight excluding hydrogens is 688 g/mol. The Morgan fingerprint density at radius 3 is 2.22 bits per heavy atom. The summed E-state index contributed by atoms with van der Waals surface area (Å²) in [5, 5.41) is 11.5. The van der Waals surface area contributed by atoms with Crippen molar-refractivity contribution in [2.45, 2.75) is 129 Å². The van der Waals surface area contributed by atoms with Crippen LogP contribution in [0.1, 0.15) is 121 Å². The number of rotatable bonds is 14. The highest BCUT2D eigenvalue weighted by molar-refractivity contribution is 6.38. The lowest BCUT2D eigenvalue weighted by Gasteiger charge is -2.38. The van der Waals surface area contributed by atoms with Gasteiger partial charge in [-0.05, 0) is 79.9 Å². The molecule has 5 rings (SSSR count). The SMILES string of the molecule is CCC[C@@H](NC(=O)[C@@H]1[C@H]2CCC[C@H]2CN1C(=O)[C@@H](NC(=O)[C@H](NC(=O)c1cnccn1)C1CCCCC1)C(C)(C)C)C(=O)C(=O)N[C@H](C)c1ccncc1. The molecule has 5 amide bonds. The number of hydrogen-bond donors (Lipinski definition) is 4. The van der Waals surface area contributed by atoms with Gasteiger partial charge >= 0.3 is 0 Å². The van der Waals surface area contributed by atoms with E-state index in [1.807, 2.05) is 27.7 Å². The van der Waals surface area contributed by atoms with Gasteiger partial charge in [-0.3, -0.25) is 38.7 Å². The predicted octanol–water partition coefficient (Wildman–Crippen LogP) is 3.44. The fourth-order valence-corrected chi connectivity index (χ4v) is 8.39. The highest BCUT2D eigenvalue weighted by Crippen LogP contribution is 2.43. The van der Waals surface area contributed by atoms with Gasteiger partial charge in [0.1, 0.15) is 23.8 Å². The zero-order valence-electron chi connectivity index (χ0n) is 32.2. The number of fused-ring (bicyclic) bond motifs is 1. The van der Waals surface area contributed by atoms with Crippen molar-refractivity contribution in [3.63, 3.8) is 0 Å². The van der Waals surface area contributed by atoms with Crippen molar-refractivity contribution in [2.24, 2.45) is 23.2 Å². The first kappa shape index (κ1) is 40.4. The molecule has 7 atom stereocenters. The summed E-state index contributed by atoms with van der Waals surface area (Å²) in [4.78, 5) is 96.8. The number of nitrogens with zero attached hydrogens (tertiary/aromatic N) is 4. The quantitative estimate of drug-likeness (QED) is 0.210. The fourth-order valence-electron chi connectivity index (χ4n) is 8.39. The van der Waals surface area contributed by atoms with Crippen LogP contribution >= 0.6 is 0 Å². The smallest absolute Gasteiger partial charge is 0.290 e. The topological polar surface area (TPSA) is 192 Å². The van der Waals surface area contributed by atoms with Crippen LogP contribution in [0.5, 0.6) is 0 Å². The lowest BCUT2D eigenvalue weighted by atomic mass is 9.82. The van der Waals surface area contributed by atoms with Crippen LogP contribution in [-0.2, 0) is 24.0 Å². The molecule has 1 saturated heterocycles. The molecule has 2 saturated carbocycles. The number of ketones is 1. The predicted molar refractivity (Wildman–Crippen MR) is 200 cm³/mol. The molecule has 0 bridgehead atoms. The largest absolute Gasteiger partial charge is 0.344 e. The van der Waals surface area contributed by atoms with Gasteiger partial charge in [0.2, 0.25) is 23.5 Å². The molecule has 14 nitrogen and oxygen atoms in total. The zero-order valence-corrected chi connectivity index (χ0v) is 32.2. The van der Waals surface area contributed by atoms with Gasteiger partial charge in [-0.1, -0.05) is 59.8 Å². The number of nitrogens with one attached hydrogen (secondary N) is 4. The fraction of sp³-hybridized carbons (Fsp3) is 0.625. The van der Waals surface area contributed by atoms with Gasteiger partial charge in [0, 0.05) is 31.3 Å². The van der Waals surface area contributed by atoms with Crippen LogP contribution in [-0.4, -0.2) is 85.9 Å². The van der Waals surface area contributed by atoms with Crippen molar-refractivity contribution in [2.75, 3.05) is 6.54 Å². The zero-order chi connectivity index (χ0) is 39.0. The third-order valence-corrected chi connectivity index (χ3v) is 11.3. The summed E-state index contributed by atoms with van der Waals surface area (Å²) >= 11 is 0. The minimum atomic E-state index is -1.07. The van der Waals surface area contributed by atoms with Gasteiger partial charge in [0.15, 0.2) is 0 Å². The van der Waals surface area contributed by atoms with Gasteiger partial charge in [0.05, 0.1) is 18.3 Å². The van der Waals surface area contributed by atoms with Crippen LogP contribution in [0.3, 0.4) is 0 Å². The maximum Gasteiger partial charge on any atom is 0.290 e. The molecule has 0 aromatic carbocycles. The Kier molecular flexibility index (Phi) is 13.5. The minimum Gasteiger partial charge on any atom is -0.344 e. The number of hydrogen-bond acceptors (Lipinski definition) is 9. The summed E-state index contributed by atoms with van der Waals surface area (Å²) in [5.41, 5.74) is 0.114. The number of likely N-dealkylation sites (tertiary alicyclic amines) is 1. The summed E-state index contributed by atoms with van der Waals surface area (Å²) in [6.45, 7) is 9.56. The molecule has 292 valence electrons. The van der Waals surface area contributed by atoms with E-state index in [0.29, 0.717) is 13.0 Å². The van der Waals surface area contributed by atoms with E-state index in [1.165, 1.54) is 18.6 Å². The Labute approximate surface area is 317 Å². The standard InChI is InChI=1S/C40H56N8O6/c1-6-11-29(33(49)38(53)44-24(2)25-16-18-41-19-17-25)45-37(52)32-28-15-10-14-27(28)23-48(32)39(54)34(40(3,4)5)47-36(51)31(26-12-8-7-9-13-26)46-35(50)30-22-42-20-21-43-30/h16-22,24,26-29,31-32,34H,6-15,23H2,1-5H3,(H,44,53)(H,45,52)(H,46,50)(H,47,51)/t24-,27+,28+,29-,31-,32+,34-/m1/s1. The average Bonchev–Trinajstić information content (AvgIpc) is 3.77. The Balaban J connectivity index is 1.34. The number of carbonyl (C=O) groups excluding carboxylic acids is 6. The normalized spacial score (nSPS) is 22.2. The molecule has 0 spiro atoms. The maximum absolute atomic E-state index is 14.7. The van der Waals surface area contributed by atoms with Crippen molar-refractivity contribution in [1.82, 2.24) is 41.1 Å². The molecule has 14 heteroatoms. The number of Topliss-reactive ketones (excluding diaryl/α,β-unsaturated/α-hetero) is 1. The van der Waals surface area contributed by atoms with E-state index in [-0.39, 0.29) is 29.9 Å². The molecule has 2 aromatic heterocycles. The molecule has 3 heterocycles. The van der Waals surface area contributed by atoms with Crippen LogP contribution in [0.25, 0.3) is 0 Å². The van der Waals surface area contributed by atoms with Crippen LogP contribution in [0.4, 0.5) is 0 Å². The number of aromatic nitrogens is 3. The number of carbonyl (C=O) groups is 6. The molecule has 3 fully saturated rings. The van der Waals surface area contributed by atoms with E-state index in [4.69, 9.17) is 0 Å². The molecule has 54 heavy (non-hydrogen) atoms. The van der Waals surface area contributed by atoms with Gasteiger partial charge in [0.25, 0.3) is 11.8 Å². The molecule has 2 aromatic rings. The number of pyridine rings is 1. The summed E-state index contributed by atoms with van der Waals surface area (Å²) in [5.74, 6) is -3.56. The van der Waals surface area contributed by atoms with E-state index >= 15 is 0 Å². The average molecular weight is 745 g/mol. The first-order valence-electron chi connectivity index (χ1n) is 19.5. The van der Waals surface area contributed by atoms with E-state index in [0.717, 1.165) is 56.9 Å². The lowest BCUT2D eigenvalue weighted by molar-refractivity contribution is -0.146. The summed E-state index contributed by atoms with van der Waals surface area (Å²) < 4.78 is 0. The third kappa shape index (κ3) is 9.67. The Morgan fingerprint density at radius 2 is 1.57 bits per heavy atom. The highest BCUT2D eigenvalue weighted by Gasteiger charge is 2.52. The molecule has 2 aliphatic carbocycles. The van der Waals surface area contributed by atoms with E-state index in [1.54, 1.807) is 36.4 Å². The molecular formula is C40H56N8O6. The number of amides is 5. The molecule has 0 radical (unpaired) electrons.